The van der Waals surface area contributed by atoms with E-state index in [-0.39, 0.29) is 11.9 Å². The summed E-state index contributed by atoms with van der Waals surface area (Å²) in [4.78, 5) is 11.6. The van der Waals surface area contributed by atoms with Gasteiger partial charge in [0.25, 0.3) is 0 Å². The number of rotatable bonds is 8. The SMILES string of the molecule is COC[C@@H](C)NC(=O)CCCOc1ccccc1C. The fraction of sp³-hybridized carbons (Fsp3) is 0.533. The summed E-state index contributed by atoms with van der Waals surface area (Å²) >= 11 is 0. The summed E-state index contributed by atoms with van der Waals surface area (Å²) in [5, 5.41) is 2.87. The van der Waals surface area contributed by atoms with E-state index in [0.29, 0.717) is 26.1 Å². The van der Waals surface area contributed by atoms with E-state index < -0.39 is 0 Å². The average molecular weight is 265 g/mol. The highest BCUT2D eigenvalue weighted by Crippen LogP contribution is 2.16. The molecule has 19 heavy (non-hydrogen) atoms. The molecular formula is C15H23NO3. The fourth-order valence-electron chi connectivity index (χ4n) is 1.77. The predicted octanol–water partition coefficient (Wildman–Crippen LogP) is 2.31. The highest BCUT2D eigenvalue weighted by molar-refractivity contribution is 5.76. The normalized spacial score (nSPS) is 11.9. The number of benzene rings is 1. The molecule has 4 heteroatoms. The second kappa shape index (κ2) is 8.53. The molecule has 1 rings (SSSR count). The minimum atomic E-state index is 0.0398. The first kappa shape index (κ1) is 15.5. The van der Waals surface area contributed by atoms with E-state index in [2.05, 4.69) is 5.32 Å². The van der Waals surface area contributed by atoms with Crippen molar-refractivity contribution >= 4 is 5.91 Å². The molecule has 0 saturated heterocycles. The van der Waals surface area contributed by atoms with Gasteiger partial charge in [0.15, 0.2) is 0 Å². The van der Waals surface area contributed by atoms with E-state index in [0.717, 1.165) is 11.3 Å². The van der Waals surface area contributed by atoms with E-state index in [1.165, 1.54) is 0 Å². The van der Waals surface area contributed by atoms with Crippen LogP contribution in [0.15, 0.2) is 24.3 Å². The van der Waals surface area contributed by atoms with Crippen LogP contribution in [0.1, 0.15) is 25.3 Å². The Labute approximate surface area is 115 Å². The number of carbonyl (C=O) groups is 1. The summed E-state index contributed by atoms with van der Waals surface area (Å²) in [6.45, 7) is 5.02. The van der Waals surface area contributed by atoms with Gasteiger partial charge in [0.1, 0.15) is 5.75 Å². The zero-order chi connectivity index (χ0) is 14.1. The molecule has 0 bridgehead atoms. The second-order valence-corrected chi connectivity index (χ2v) is 4.64. The molecule has 0 aromatic heterocycles. The smallest absolute Gasteiger partial charge is 0.220 e. The van der Waals surface area contributed by atoms with Crippen LogP contribution in [0, 0.1) is 6.92 Å². The van der Waals surface area contributed by atoms with Crippen molar-refractivity contribution in [1.29, 1.82) is 0 Å². The molecule has 0 aliphatic heterocycles. The molecule has 0 unspecified atom stereocenters. The molecular weight excluding hydrogens is 242 g/mol. The first-order valence-corrected chi connectivity index (χ1v) is 6.60. The first-order valence-electron chi connectivity index (χ1n) is 6.60. The lowest BCUT2D eigenvalue weighted by molar-refractivity contribution is -0.122. The second-order valence-electron chi connectivity index (χ2n) is 4.64. The van der Waals surface area contributed by atoms with Crippen LogP contribution in [0.5, 0.6) is 5.75 Å². The molecule has 0 aliphatic rings. The van der Waals surface area contributed by atoms with E-state index in [4.69, 9.17) is 9.47 Å². The quantitative estimate of drug-likeness (QED) is 0.734. The molecule has 1 atom stereocenters. The van der Waals surface area contributed by atoms with Crippen LogP contribution in [0.4, 0.5) is 0 Å². The number of para-hydroxylation sites is 1. The number of hydrogen-bond donors (Lipinski definition) is 1. The van der Waals surface area contributed by atoms with Gasteiger partial charge in [-0.2, -0.15) is 0 Å². The van der Waals surface area contributed by atoms with Gasteiger partial charge in [0, 0.05) is 19.6 Å². The number of amides is 1. The van der Waals surface area contributed by atoms with Gasteiger partial charge in [0.05, 0.1) is 13.2 Å². The van der Waals surface area contributed by atoms with E-state index in [1.807, 2.05) is 38.1 Å². The number of methoxy groups -OCH3 is 1. The Hall–Kier alpha value is -1.55. The number of aryl methyl sites for hydroxylation is 1. The zero-order valence-electron chi connectivity index (χ0n) is 11.9. The largest absolute Gasteiger partial charge is 0.493 e. The Balaban J connectivity index is 2.17. The molecule has 0 fully saturated rings. The maximum Gasteiger partial charge on any atom is 0.220 e. The average Bonchev–Trinajstić information content (AvgIpc) is 2.36. The molecule has 1 N–H and O–H groups in total. The first-order chi connectivity index (χ1) is 9.13. The van der Waals surface area contributed by atoms with Crippen LogP contribution in [-0.4, -0.2) is 32.3 Å². The van der Waals surface area contributed by atoms with Crippen molar-refractivity contribution in [3.63, 3.8) is 0 Å². The standard InChI is InChI=1S/C15H23NO3/c1-12-7-4-5-8-14(12)19-10-6-9-15(17)16-13(2)11-18-3/h4-5,7-8,13H,6,9-11H2,1-3H3,(H,16,17)/t13-/m1/s1. The Morgan fingerprint density at radius 2 is 2.11 bits per heavy atom. The van der Waals surface area contributed by atoms with Crippen LogP contribution in [0.25, 0.3) is 0 Å². The third kappa shape index (κ3) is 6.25. The topological polar surface area (TPSA) is 47.6 Å². The van der Waals surface area contributed by atoms with Gasteiger partial charge in [-0.05, 0) is 31.9 Å². The van der Waals surface area contributed by atoms with Crippen molar-refractivity contribution in [2.45, 2.75) is 32.7 Å². The molecule has 0 heterocycles. The van der Waals surface area contributed by atoms with Crippen LogP contribution in [0.2, 0.25) is 0 Å². The lowest BCUT2D eigenvalue weighted by Gasteiger charge is -2.13. The number of ether oxygens (including phenoxy) is 2. The van der Waals surface area contributed by atoms with Crippen molar-refractivity contribution in [2.24, 2.45) is 0 Å². The molecule has 1 amide bonds. The molecule has 0 saturated carbocycles. The number of hydrogen-bond acceptors (Lipinski definition) is 3. The van der Waals surface area contributed by atoms with Crippen LogP contribution < -0.4 is 10.1 Å². The third-order valence-corrected chi connectivity index (χ3v) is 2.72. The summed E-state index contributed by atoms with van der Waals surface area (Å²) in [6, 6.07) is 7.92. The van der Waals surface area contributed by atoms with Gasteiger partial charge in [0.2, 0.25) is 5.91 Å². The van der Waals surface area contributed by atoms with Gasteiger partial charge < -0.3 is 14.8 Å². The maximum atomic E-state index is 11.6. The summed E-state index contributed by atoms with van der Waals surface area (Å²) in [5.41, 5.74) is 1.11. The number of nitrogens with one attached hydrogen (secondary N) is 1. The Kier molecular flexibility index (Phi) is 6.97. The predicted molar refractivity (Wildman–Crippen MR) is 75.4 cm³/mol. The van der Waals surface area contributed by atoms with Crippen molar-refractivity contribution in [1.82, 2.24) is 5.32 Å². The number of carbonyl (C=O) groups excluding carboxylic acids is 1. The summed E-state index contributed by atoms with van der Waals surface area (Å²) in [7, 11) is 1.62. The molecule has 0 spiro atoms. The lowest BCUT2D eigenvalue weighted by Crippen LogP contribution is -2.35. The Morgan fingerprint density at radius 1 is 1.37 bits per heavy atom. The van der Waals surface area contributed by atoms with E-state index in [9.17, 15) is 4.79 Å². The van der Waals surface area contributed by atoms with Gasteiger partial charge in [-0.25, -0.2) is 0 Å². The molecule has 106 valence electrons. The highest BCUT2D eigenvalue weighted by Gasteiger charge is 2.06. The highest BCUT2D eigenvalue weighted by atomic mass is 16.5. The molecule has 0 radical (unpaired) electrons. The van der Waals surface area contributed by atoms with Crippen LogP contribution >= 0.6 is 0 Å². The van der Waals surface area contributed by atoms with Crippen molar-refractivity contribution in [3.05, 3.63) is 29.8 Å². The fourth-order valence-corrected chi connectivity index (χ4v) is 1.77. The van der Waals surface area contributed by atoms with Crippen LogP contribution in [0.3, 0.4) is 0 Å². The summed E-state index contributed by atoms with van der Waals surface area (Å²) < 4.78 is 10.6. The van der Waals surface area contributed by atoms with E-state index >= 15 is 0 Å². The Bertz CT molecular complexity index is 393. The minimum absolute atomic E-state index is 0.0398. The van der Waals surface area contributed by atoms with Crippen molar-refractivity contribution in [2.75, 3.05) is 20.3 Å². The Morgan fingerprint density at radius 3 is 2.79 bits per heavy atom. The van der Waals surface area contributed by atoms with E-state index in [1.54, 1.807) is 7.11 Å². The van der Waals surface area contributed by atoms with Crippen molar-refractivity contribution < 1.29 is 14.3 Å². The van der Waals surface area contributed by atoms with Gasteiger partial charge in [-0.15, -0.1) is 0 Å². The summed E-state index contributed by atoms with van der Waals surface area (Å²) in [5.74, 6) is 0.925. The molecule has 4 nitrogen and oxygen atoms in total. The van der Waals surface area contributed by atoms with Gasteiger partial charge in [-0.1, -0.05) is 18.2 Å². The summed E-state index contributed by atoms with van der Waals surface area (Å²) in [6.07, 6.45) is 1.18. The molecule has 1 aromatic rings. The molecule has 0 aliphatic carbocycles. The lowest BCUT2D eigenvalue weighted by atomic mass is 10.2. The molecule has 1 aromatic carbocycles. The van der Waals surface area contributed by atoms with Gasteiger partial charge in [-0.3, -0.25) is 4.79 Å². The zero-order valence-corrected chi connectivity index (χ0v) is 11.9. The van der Waals surface area contributed by atoms with Crippen molar-refractivity contribution in [3.8, 4) is 5.75 Å². The monoisotopic (exact) mass is 265 g/mol. The maximum absolute atomic E-state index is 11.6. The van der Waals surface area contributed by atoms with Crippen LogP contribution in [-0.2, 0) is 9.53 Å². The third-order valence-electron chi connectivity index (χ3n) is 2.72. The van der Waals surface area contributed by atoms with Gasteiger partial charge >= 0.3 is 0 Å². The minimum Gasteiger partial charge on any atom is -0.493 e.